The van der Waals surface area contributed by atoms with Gasteiger partial charge in [0.1, 0.15) is 0 Å². The molecular weight excluding hydrogens is 224 g/mol. The summed E-state index contributed by atoms with van der Waals surface area (Å²) in [6, 6.07) is 4.20. The summed E-state index contributed by atoms with van der Waals surface area (Å²) in [5.41, 5.74) is 10.5. The lowest BCUT2D eigenvalue weighted by atomic mass is 9.96. The largest absolute Gasteiger partial charge is 0.397 e. The van der Waals surface area contributed by atoms with Gasteiger partial charge in [0.05, 0.1) is 11.4 Å². The first-order chi connectivity index (χ1) is 8.66. The van der Waals surface area contributed by atoms with Gasteiger partial charge in [-0.1, -0.05) is 0 Å². The van der Waals surface area contributed by atoms with E-state index in [4.69, 9.17) is 10.5 Å². The molecule has 1 aliphatic heterocycles. The second kappa shape index (κ2) is 6.10. The molecule has 0 amide bonds. The number of anilines is 2. The summed E-state index contributed by atoms with van der Waals surface area (Å²) >= 11 is 0. The molecule has 3 nitrogen and oxygen atoms in total. The average Bonchev–Trinajstić information content (AvgIpc) is 2.37. The quantitative estimate of drug-likeness (QED) is 0.805. The fourth-order valence-corrected chi connectivity index (χ4v) is 2.44. The fourth-order valence-electron chi connectivity index (χ4n) is 2.44. The third kappa shape index (κ3) is 3.39. The van der Waals surface area contributed by atoms with E-state index in [-0.39, 0.29) is 0 Å². The van der Waals surface area contributed by atoms with E-state index in [1.807, 2.05) is 6.07 Å². The van der Waals surface area contributed by atoms with Crippen LogP contribution < -0.4 is 11.1 Å². The van der Waals surface area contributed by atoms with E-state index < -0.39 is 0 Å². The van der Waals surface area contributed by atoms with Gasteiger partial charge in [0.15, 0.2) is 0 Å². The SMILES string of the molecule is Cc1cc(N)c(NCCC2CCOCC2)cc1C. The van der Waals surface area contributed by atoms with Crippen molar-refractivity contribution in [3.8, 4) is 0 Å². The van der Waals surface area contributed by atoms with Crippen LogP contribution in [0.15, 0.2) is 12.1 Å². The number of aryl methyl sites for hydroxylation is 2. The Kier molecular flexibility index (Phi) is 4.48. The van der Waals surface area contributed by atoms with E-state index >= 15 is 0 Å². The van der Waals surface area contributed by atoms with Crippen molar-refractivity contribution in [2.45, 2.75) is 33.1 Å². The van der Waals surface area contributed by atoms with Crippen LogP contribution in [0, 0.1) is 19.8 Å². The van der Waals surface area contributed by atoms with Crippen LogP contribution in [-0.4, -0.2) is 19.8 Å². The van der Waals surface area contributed by atoms with Crippen LogP contribution in [0.3, 0.4) is 0 Å². The molecule has 0 aromatic heterocycles. The molecule has 1 aromatic rings. The molecular formula is C15H24N2O. The van der Waals surface area contributed by atoms with Gasteiger partial charge in [-0.25, -0.2) is 0 Å². The number of nitrogens with one attached hydrogen (secondary N) is 1. The molecule has 0 aliphatic carbocycles. The highest BCUT2D eigenvalue weighted by Gasteiger charge is 2.13. The summed E-state index contributed by atoms with van der Waals surface area (Å²) in [5.74, 6) is 0.805. The number of ether oxygens (including phenoxy) is 1. The molecule has 0 unspecified atom stereocenters. The summed E-state index contributed by atoms with van der Waals surface area (Å²) < 4.78 is 5.37. The molecule has 0 saturated carbocycles. The Hall–Kier alpha value is -1.22. The maximum Gasteiger partial charge on any atom is 0.0576 e. The van der Waals surface area contributed by atoms with Gasteiger partial charge in [-0.2, -0.15) is 0 Å². The smallest absolute Gasteiger partial charge is 0.0576 e. The van der Waals surface area contributed by atoms with Crippen LogP contribution in [0.1, 0.15) is 30.4 Å². The summed E-state index contributed by atoms with van der Waals surface area (Å²) in [5, 5.41) is 3.46. The molecule has 1 aliphatic rings. The van der Waals surface area contributed by atoms with Crippen molar-refractivity contribution in [1.29, 1.82) is 0 Å². The van der Waals surface area contributed by atoms with Crippen molar-refractivity contribution in [3.05, 3.63) is 23.3 Å². The van der Waals surface area contributed by atoms with E-state index in [1.54, 1.807) is 0 Å². The number of hydrogen-bond donors (Lipinski definition) is 2. The van der Waals surface area contributed by atoms with Crippen LogP contribution in [0.25, 0.3) is 0 Å². The molecule has 1 heterocycles. The highest BCUT2D eigenvalue weighted by molar-refractivity contribution is 5.68. The lowest BCUT2D eigenvalue weighted by molar-refractivity contribution is 0.0649. The maximum absolute atomic E-state index is 6.03. The third-order valence-electron chi connectivity index (χ3n) is 3.87. The number of benzene rings is 1. The van der Waals surface area contributed by atoms with Gasteiger partial charge in [0.2, 0.25) is 0 Å². The standard InChI is InChI=1S/C15H24N2O/c1-11-9-14(16)15(10-12(11)2)17-6-3-13-4-7-18-8-5-13/h9-10,13,17H,3-8,16H2,1-2H3. The Labute approximate surface area is 110 Å². The molecule has 1 saturated heterocycles. The first kappa shape index (κ1) is 13.2. The van der Waals surface area contributed by atoms with Crippen molar-refractivity contribution < 1.29 is 4.74 Å². The van der Waals surface area contributed by atoms with E-state index in [0.29, 0.717) is 0 Å². The molecule has 3 N–H and O–H groups in total. The van der Waals surface area contributed by atoms with E-state index in [1.165, 1.54) is 30.4 Å². The summed E-state index contributed by atoms with van der Waals surface area (Å²) in [7, 11) is 0. The lowest BCUT2D eigenvalue weighted by Crippen LogP contribution is -2.18. The first-order valence-electron chi connectivity index (χ1n) is 6.85. The van der Waals surface area contributed by atoms with Crippen molar-refractivity contribution in [2.24, 2.45) is 5.92 Å². The number of hydrogen-bond acceptors (Lipinski definition) is 3. The second-order valence-electron chi connectivity index (χ2n) is 5.29. The lowest BCUT2D eigenvalue weighted by Gasteiger charge is -2.22. The zero-order valence-electron chi connectivity index (χ0n) is 11.5. The average molecular weight is 248 g/mol. The highest BCUT2D eigenvalue weighted by atomic mass is 16.5. The maximum atomic E-state index is 6.03. The Morgan fingerprint density at radius 2 is 1.89 bits per heavy atom. The van der Waals surface area contributed by atoms with Crippen molar-refractivity contribution in [1.82, 2.24) is 0 Å². The Bertz CT molecular complexity index is 398. The van der Waals surface area contributed by atoms with Crippen LogP contribution in [-0.2, 0) is 4.74 Å². The summed E-state index contributed by atoms with van der Waals surface area (Å²) in [4.78, 5) is 0. The zero-order chi connectivity index (χ0) is 13.0. The molecule has 0 radical (unpaired) electrons. The Balaban J connectivity index is 1.84. The molecule has 3 heteroatoms. The van der Waals surface area contributed by atoms with Crippen LogP contribution in [0.2, 0.25) is 0 Å². The van der Waals surface area contributed by atoms with Gasteiger partial charge < -0.3 is 15.8 Å². The fraction of sp³-hybridized carbons (Fsp3) is 0.600. The van der Waals surface area contributed by atoms with E-state index in [9.17, 15) is 0 Å². The zero-order valence-corrected chi connectivity index (χ0v) is 11.5. The molecule has 2 rings (SSSR count). The van der Waals surface area contributed by atoms with Crippen molar-refractivity contribution in [3.63, 3.8) is 0 Å². The number of nitrogen functional groups attached to an aromatic ring is 1. The van der Waals surface area contributed by atoms with Crippen molar-refractivity contribution >= 4 is 11.4 Å². The van der Waals surface area contributed by atoms with Gasteiger partial charge in [0, 0.05) is 19.8 Å². The van der Waals surface area contributed by atoms with Gasteiger partial charge in [-0.15, -0.1) is 0 Å². The third-order valence-corrected chi connectivity index (χ3v) is 3.87. The topological polar surface area (TPSA) is 47.3 Å². The van der Waals surface area contributed by atoms with Gasteiger partial charge in [-0.3, -0.25) is 0 Å². The van der Waals surface area contributed by atoms with Crippen LogP contribution >= 0.6 is 0 Å². The van der Waals surface area contributed by atoms with E-state index in [2.05, 4.69) is 25.2 Å². The second-order valence-corrected chi connectivity index (χ2v) is 5.29. The minimum atomic E-state index is 0.805. The molecule has 0 bridgehead atoms. The Morgan fingerprint density at radius 1 is 1.22 bits per heavy atom. The monoisotopic (exact) mass is 248 g/mol. The van der Waals surface area contributed by atoms with Crippen LogP contribution in [0.4, 0.5) is 11.4 Å². The van der Waals surface area contributed by atoms with Gasteiger partial charge >= 0.3 is 0 Å². The van der Waals surface area contributed by atoms with Crippen LogP contribution in [0.5, 0.6) is 0 Å². The first-order valence-corrected chi connectivity index (χ1v) is 6.85. The molecule has 100 valence electrons. The van der Waals surface area contributed by atoms with Gasteiger partial charge in [-0.05, 0) is 62.3 Å². The predicted octanol–water partition coefficient (Wildman–Crippen LogP) is 3.11. The predicted molar refractivity (Wildman–Crippen MR) is 77.0 cm³/mol. The summed E-state index contributed by atoms with van der Waals surface area (Å²) in [6.07, 6.45) is 3.60. The molecule has 18 heavy (non-hydrogen) atoms. The molecule has 0 spiro atoms. The highest BCUT2D eigenvalue weighted by Crippen LogP contribution is 2.24. The number of rotatable bonds is 4. The normalized spacial score (nSPS) is 16.8. The Morgan fingerprint density at radius 3 is 2.61 bits per heavy atom. The molecule has 1 fully saturated rings. The minimum absolute atomic E-state index is 0.805. The summed E-state index contributed by atoms with van der Waals surface area (Å²) in [6.45, 7) is 7.07. The minimum Gasteiger partial charge on any atom is -0.397 e. The number of nitrogens with two attached hydrogens (primary N) is 1. The van der Waals surface area contributed by atoms with E-state index in [0.717, 1.165) is 37.1 Å². The van der Waals surface area contributed by atoms with Gasteiger partial charge in [0.25, 0.3) is 0 Å². The van der Waals surface area contributed by atoms with Crippen molar-refractivity contribution in [2.75, 3.05) is 30.8 Å². The molecule has 0 atom stereocenters. The molecule has 1 aromatic carbocycles.